The van der Waals surface area contributed by atoms with Crippen LogP contribution in [0.5, 0.6) is 0 Å². The number of nitrogen functional groups attached to an aromatic ring is 1. The van der Waals surface area contributed by atoms with Gasteiger partial charge in [0.2, 0.25) is 0 Å². The molecule has 0 aromatic carbocycles. The normalized spacial score (nSPS) is 17.2. The first kappa shape index (κ1) is 13.8. The van der Waals surface area contributed by atoms with Gasteiger partial charge in [0.05, 0.1) is 5.56 Å². The molecular weight excluding hydrogens is 242 g/mol. The maximum atomic E-state index is 11.9. The standard InChI is InChI=1S/C13H21N5O/c1-10(18-6-2-3-7-18)8-16-13(19)11-4-5-12(17-14)15-9-11/h4-5,9-10H,2-3,6-8,14H2,1H3,(H,15,17)(H,16,19). The molecule has 1 atom stereocenters. The summed E-state index contributed by atoms with van der Waals surface area (Å²) in [4.78, 5) is 18.4. The molecule has 1 amide bonds. The maximum Gasteiger partial charge on any atom is 0.252 e. The van der Waals surface area contributed by atoms with Gasteiger partial charge in [0, 0.05) is 18.8 Å². The Kier molecular flexibility index (Phi) is 4.70. The third-order valence-electron chi connectivity index (χ3n) is 3.50. The minimum atomic E-state index is -0.0953. The number of hydrazine groups is 1. The maximum absolute atomic E-state index is 11.9. The third-order valence-corrected chi connectivity index (χ3v) is 3.50. The number of pyridine rings is 1. The van der Waals surface area contributed by atoms with Crippen molar-refractivity contribution in [3.05, 3.63) is 23.9 Å². The predicted octanol–water partition coefficient (Wildman–Crippen LogP) is 0.581. The molecule has 0 saturated carbocycles. The zero-order valence-corrected chi connectivity index (χ0v) is 11.2. The van der Waals surface area contributed by atoms with Crippen LogP contribution < -0.4 is 16.6 Å². The number of rotatable bonds is 5. The number of carbonyl (C=O) groups excluding carboxylic acids is 1. The summed E-state index contributed by atoms with van der Waals surface area (Å²) in [6, 6.07) is 3.76. The summed E-state index contributed by atoms with van der Waals surface area (Å²) in [5.41, 5.74) is 2.98. The van der Waals surface area contributed by atoms with E-state index in [-0.39, 0.29) is 5.91 Å². The van der Waals surface area contributed by atoms with Crippen molar-refractivity contribution < 1.29 is 4.79 Å². The summed E-state index contributed by atoms with van der Waals surface area (Å²) in [6.45, 7) is 5.08. The van der Waals surface area contributed by atoms with Crippen molar-refractivity contribution in [3.63, 3.8) is 0 Å². The highest BCUT2D eigenvalue weighted by Gasteiger charge is 2.18. The van der Waals surface area contributed by atoms with Crippen molar-refractivity contribution in [2.75, 3.05) is 25.1 Å². The van der Waals surface area contributed by atoms with E-state index in [4.69, 9.17) is 5.84 Å². The Morgan fingerprint density at radius 1 is 1.47 bits per heavy atom. The summed E-state index contributed by atoms with van der Waals surface area (Å²) in [6.07, 6.45) is 4.04. The number of hydrogen-bond acceptors (Lipinski definition) is 5. The van der Waals surface area contributed by atoms with Crippen LogP contribution in [0.15, 0.2) is 18.3 Å². The van der Waals surface area contributed by atoms with E-state index in [9.17, 15) is 4.79 Å². The summed E-state index contributed by atoms with van der Waals surface area (Å²) in [7, 11) is 0. The molecule has 2 heterocycles. The van der Waals surface area contributed by atoms with E-state index in [0.29, 0.717) is 24.0 Å². The summed E-state index contributed by atoms with van der Waals surface area (Å²) in [5, 5.41) is 2.94. The van der Waals surface area contributed by atoms with Gasteiger partial charge in [-0.05, 0) is 45.0 Å². The van der Waals surface area contributed by atoms with Crippen LogP contribution in [0, 0.1) is 0 Å². The SMILES string of the molecule is CC(CNC(=O)c1ccc(NN)nc1)N1CCCC1. The van der Waals surface area contributed by atoms with Gasteiger partial charge in [-0.15, -0.1) is 0 Å². The van der Waals surface area contributed by atoms with Gasteiger partial charge in [0.1, 0.15) is 5.82 Å². The molecular formula is C13H21N5O. The van der Waals surface area contributed by atoms with Crippen LogP contribution >= 0.6 is 0 Å². The molecule has 1 aromatic heterocycles. The van der Waals surface area contributed by atoms with Crippen LogP contribution in [0.2, 0.25) is 0 Å². The van der Waals surface area contributed by atoms with Crippen LogP contribution in [0.3, 0.4) is 0 Å². The monoisotopic (exact) mass is 263 g/mol. The molecule has 1 unspecified atom stereocenters. The smallest absolute Gasteiger partial charge is 0.252 e. The first-order valence-electron chi connectivity index (χ1n) is 6.65. The molecule has 1 aliphatic rings. The summed E-state index contributed by atoms with van der Waals surface area (Å²) in [5.74, 6) is 5.67. The molecule has 0 aliphatic carbocycles. The van der Waals surface area contributed by atoms with Crippen LogP contribution in [-0.2, 0) is 0 Å². The molecule has 1 saturated heterocycles. The fraction of sp³-hybridized carbons (Fsp3) is 0.538. The highest BCUT2D eigenvalue weighted by atomic mass is 16.1. The molecule has 0 radical (unpaired) electrons. The second-order valence-electron chi connectivity index (χ2n) is 4.88. The number of anilines is 1. The van der Waals surface area contributed by atoms with Gasteiger partial charge in [0.15, 0.2) is 0 Å². The minimum Gasteiger partial charge on any atom is -0.350 e. The van der Waals surface area contributed by atoms with Crippen molar-refractivity contribution in [2.24, 2.45) is 5.84 Å². The number of nitrogens with two attached hydrogens (primary N) is 1. The lowest BCUT2D eigenvalue weighted by molar-refractivity contribution is 0.0940. The lowest BCUT2D eigenvalue weighted by Crippen LogP contribution is -2.40. The van der Waals surface area contributed by atoms with Crippen LogP contribution in [-0.4, -0.2) is 41.5 Å². The van der Waals surface area contributed by atoms with Gasteiger partial charge < -0.3 is 10.7 Å². The van der Waals surface area contributed by atoms with E-state index < -0.39 is 0 Å². The van der Waals surface area contributed by atoms with Crippen molar-refractivity contribution in [1.82, 2.24) is 15.2 Å². The molecule has 19 heavy (non-hydrogen) atoms. The van der Waals surface area contributed by atoms with Crippen LogP contribution in [0.25, 0.3) is 0 Å². The van der Waals surface area contributed by atoms with E-state index in [1.54, 1.807) is 12.1 Å². The largest absolute Gasteiger partial charge is 0.350 e. The van der Waals surface area contributed by atoms with E-state index in [0.717, 1.165) is 13.1 Å². The van der Waals surface area contributed by atoms with Gasteiger partial charge in [0.25, 0.3) is 5.91 Å². The lowest BCUT2D eigenvalue weighted by atomic mass is 10.2. The Balaban J connectivity index is 1.82. The van der Waals surface area contributed by atoms with E-state index in [1.807, 2.05) is 0 Å². The highest BCUT2D eigenvalue weighted by Crippen LogP contribution is 2.11. The molecule has 1 aliphatic heterocycles. The first-order valence-corrected chi connectivity index (χ1v) is 6.65. The number of carbonyl (C=O) groups is 1. The van der Waals surface area contributed by atoms with Gasteiger partial charge in [-0.1, -0.05) is 0 Å². The van der Waals surface area contributed by atoms with Crippen molar-refractivity contribution in [2.45, 2.75) is 25.8 Å². The van der Waals surface area contributed by atoms with Crippen molar-refractivity contribution in [1.29, 1.82) is 0 Å². The zero-order valence-electron chi connectivity index (χ0n) is 11.2. The van der Waals surface area contributed by atoms with E-state index in [1.165, 1.54) is 19.0 Å². The Hall–Kier alpha value is -1.66. The van der Waals surface area contributed by atoms with Gasteiger partial charge in [-0.3, -0.25) is 9.69 Å². The second kappa shape index (κ2) is 6.49. The molecule has 6 heteroatoms. The predicted molar refractivity (Wildman–Crippen MR) is 74.6 cm³/mol. The number of amides is 1. The van der Waals surface area contributed by atoms with Crippen molar-refractivity contribution >= 4 is 11.7 Å². The Bertz CT molecular complexity index is 414. The molecule has 1 aromatic rings. The number of likely N-dealkylation sites (tertiary alicyclic amines) is 1. The average Bonchev–Trinajstić information content (AvgIpc) is 2.98. The molecule has 1 fully saturated rings. The highest BCUT2D eigenvalue weighted by molar-refractivity contribution is 5.94. The van der Waals surface area contributed by atoms with Crippen LogP contribution in [0.1, 0.15) is 30.1 Å². The quantitative estimate of drug-likeness (QED) is 0.535. The first-order chi connectivity index (χ1) is 9.20. The summed E-state index contributed by atoms with van der Waals surface area (Å²) < 4.78 is 0. The molecule has 0 bridgehead atoms. The number of nitrogens with zero attached hydrogens (tertiary/aromatic N) is 2. The van der Waals surface area contributed by atoms with Crippen molar-refractivity contribution in [3.8, 4) is 0 Å². The molecule has 4 N–H and O–H groups in total. The number of aromatic nitrogens is 1. The fourth-order valence-electron chi connectivity index (χ4n) is 2.27. The fourth-order valence-corrected chi connectivity index (χ4v) is 2.27. The topological polar surface area (TPSA) is 83.3 Å². The average molecular weight is 263 g/mol. The van der Waals surface area contributed by atoms with Gasteiger partial charge in [-0.25, -0.2) is 10.8 Å². The zero-order chi connectivity index (χ0) is 13.7. The second-order valence-corrected chi connectivity index (χ2v) is 4.88. The molecule has 2 rings (SSSR count). The van der Waals surface area contributed by atoms with Gasteiger partial charge in [-0.2, -0.15) is 0 Å². The molecule has 0 spiro atoms. The Morgan fingerprint density at radius 2 is 2.21 bits per heavy atom. The van der Waals surface area contributed by atoms with Gasteiger partial charge >= 0.3 is 0 Å². The molecule has 104 valence electrons. The number of nitrogens with one attached hydrogen (secondary N) is 2. The Morgan fingerprint density at radius 3 is 2.79 bits per heavy atom. The minimum absolute atomic E-state index is 0.0953. The van der Waals surface area contributed by atoms with Crippen LogP contribution in [0.4, 0.5) is 5.82 Å². The Labute approximate surface area is 113 Å². The van der Waals surface area contributed by atoms with E-state index >= 15 is 0 Å². The molecule has 6 nitrogen and oxygen atoms in total. The van der Waals surface area contributed by atoms with E-state index in [2.05, 4.69) is 27.6 Å². The number of hydrogen-bond donors (Lipinski definition) is 3. The lowest BCUT2D eigenvalue weighted by Gasteiger charge is -2.23. The summed E-state index contributed by atoms with van der Waals surface area (Å²) >= 11 is 0. The third kappa shape index (κ3) is 3.65.